The lowest BCUT2D eigenvalue weighted by molar-refractivity contribution is -0.133. The van der Waals surface area contributed by atoms with Gasteiger partial charge >= 0.3 is 0 Å². The number of anilines is 1. The highest BCUT2D eigenvalue weighted by Gasteiger charge is 2.22. The first kappa shape index (κ1) is 22.6. The average Bonchev–Trinajstić information content (AvgIpc) is 2.78. The molecule has 3 amide bonds. The van der Waals surface area contributed by atoms with E-state index in [2.05, 4.69) is 15.5 Å². The van der Waals surface area contributed by atoms with Gasteiger partial charge in [-0.25, -0.2) is 0 Å². The van der Waals surface area contributed by atoms with E-state index in [1.807, 2.05) is 30.3 Å². The second kappa shape index (κ2) is 10.8. The largest absolute Gasteiger partial charge is 0.368 e. The zero-order valence-electron chi connectivity index (χ0n) is 17.5. The van der Waals surface area contributed by atoms with Crippen molar-refractivity contribution in [3.8, 4) is 0 Å². The maximum Gasteiger partial charge on any atom is 0.251 e. The summed E-state index contributed by atoms with van der Waals surface area (Å²) in [5, 5.41) is 6.15. The van der Waals surface area contributed by atoms with Crippen LogP contribution in [-0.2, 0) is 9.59 Å². The van der Waals surface area contributed by atoms with E-state index in [1.54, 1.807) is 36.1 Å². The smallest absolute Gasteiger partial charge is 0.251 e. The molecule has 3 rings (SSSR count). The predicted octanol–water partition coefficient (Wildman–Crippen LogP) is 2.31. The summed E-state index contributed by atoms with van der Waals surface area (Å²) in [6.07, 6.45) is 0.107. The number of nitrogens with zero attached hydrogens (tertiary/aromatic N) is 2. The molecule has 1 unspecified atom stereocenters. The molecule has 7 nitrogen and oxygen atoms in total. The summed E-state index contributed by atoms with van der Waals surface area (Å²) in [5.74, 6) is -0.602. The molecule has 164 valence electrons. The number of carbonyl (C=O) groups is 3. The lowest BCUT2D eigenvalue weighted by Gasteiger charge is -2.36. The third-order valence-electron chi connectivity index (χ3n) is 5.17. The Morgan fingerprint density at radius 3 is 2.26 bits per heavy atom. The molecule has 0 saturated carbocycles. The van der Waals surface area contributed by atoms with Gasteiger partial charge in [0, 0.05) is 54.9 Å². The zero-order valence-corrected chi connectivity index (χ0v) is 18.3. The molecule has 0 radical (unpaired) electrons. The predicted molar refractivity (Wildman–Crippen MR) is 121 cm³/mol. The quantitative estimate of drug-likeness (QED) is 0.689. The molecule has 0 spiro atoms. The zero-order chi connectivity index (χ0) is 22.2. The topological polar surface area (TPSA) is 81.8 Å². The van der Waals surface area contributed by atoms with E-state index in [0.29, 0.717) is 23.7 Å². The fraction of sp³-hybridized carbons (Fsp3) is 0.348. The van der Waals surface area contributed by atoms with E-state index in [1.165, 1.54) is 0 Å². The molecular formula is C23H27ClN4O3. The Balaban J connectivity index is 1.37. The summed E-state index contributed by atoms with van der Waals surface area (Å²) in [4.78, 5) is 40.7. The number of carbonyl (C=O) groups excluding carboxylic acids is 3. The fourth-order valence-electron chi connectivity index (χ4n) is 3.45. The number of hydrogen-bond donors (Lipinski definition) is 2. The highest BCUT2D eigenvalue weighted by molar-refractivity contribution is 6.30. The highest BCUT2D eigenvalue weighted by Crippen LogP contribution is 2.19. The van der Waals surface area contributed by atoms with Gasteiger partial charge in [-0.15, -0.1) is 0 Å². The van der Waals surface area contributed by atoms with E-state index in [0.717, 1.165) is 18.8 Å². The van der Waals surface area contributed by atoms with E-state index in [9.17, 15) is 14.4 Å². The SMILES string of the molecule is CC(CC(=O)NCC(=O)N1CCN(c2ccc(Cl)cc2)CC1)NC(=O)c1ccccc1. The molecule has 2 N–H and O–H groups in total. The van der Waals surface area contributed by atoms with Crippen molar-refractivity contribution in [2.75, 3.05) is 37.6 Å². The molecule has 1 heterocycles. The van der Waals surface area contributed by atoms with Gasteiger partial charge in [-0.05, 0) is 43.3 Å². The molecule has 31 heavy (non-hydrogen) atoms. The van der Waals surface area contributed by atoms with Gasteiger partial charge in [0.15, 0.2) is 0 Å². The van der Waals surface area contributed by atoms with Crippen LogP contribution in [0.1, 0.15) is 23.7 Å². The number of hydrogen-bond acceptors (Lipinski definition) is 4. The van der Waals surface area contributed by atoms with E-state index < -0.39 is 0 Å². The number of nitrogens with one attached hydrogen (secondary N) is 2. The van der Waals surface area contributed by atoms with Gasteiger partial charge in [0.05, 0.1) is 6.54 Å². The van der Waals surface area contributed by atoms with E-state index in [4.69, 9.17) is 11.6 Å². The molecule has 1 aliphatic rings. The summed E-state index contributed by atoms with van der Waals surface area (Å²) in [5.41, 5.74) is 1.62. The maximum absolute atomic E-state index is 12.4. The molecule has 2 aromatic rings. The lowest BCUT2D eigenvalue weighted by Crippen LogP contribution is -2.51. The van der Waals surface area contributed by atoms with Crippen LogP contribution in [0.25, 0.3) is 0 Å². The van der Waals surface area contributed by atoms with Crippen LogP contribution in [0, 0.1) is 0 Å². The fourth-order valence-corrected chi connectivity index (χ4v) is 3.58. The summed E-state index contributed by atoms with van der Waals surface area (Å²) in [6.45, 7) is 4.37. The monoisotopic (exact) mass is 442 g/mol. The standard InChI is InChI=1S/C23H27ClN4O3/c1-17(26-23(31)18-5-3-2-4-6-18)15-21(29)25-16-22(30)28-13-11-27(12-14-28)20-9-7-19(24)8-10-20/h2-10,17H,11-16H2,1H3,(H,25,29)(H,26,31). The van der Waals surface area contributed by atoms with Crippen LogP contribution in [-0.4, -0.2) is 61.4 Å². The van der Waals surface area contributed by atoms with Gasteiger partial charge in [0.25, 0.3) is 5.91 Å². The molecular weight excluding hydrogens is 416 g/mol. The van der Waals surface area contributed by atoms with Crippen LogP contribution in [0.5, 0.6) is 0 Å². The number of amides is 3. The minimum Gasteiger partial charge on any atom is -0.368 e. The molecule has 8 heteroatoms. The van der Waals surface area contributed by atoms with Crippen molar-refractivity contribution in [2.24, 2.45) is 0 Å². The summed E-state index contributed by atoms with van der Waals surface area (Å²) in [6, 6.07) is 16.1. The van der Waals surface area contributed by atoms with Gasteiger partial charge in [0.1, 0.15) is 0 Å². The van der Waals surface area contributed by atoms with Crippen molar-refractivity contribution >= 4 is 35.0 Å². The van der Waals surface area contributed by atoms with Crippen molar-refractivity contribution in [3.63, 3.8) is 0 Å². The molecule has 1 fully saturated rings. The Morgan fingerprint density at radius 1 is 0.968 bits per heavy atom. The number of piperazine rings is 1. The van der Waals surface area contributed by atoms with Gasteiger partial charge in [-0.3, -0.25) is 14.4 Å². The lowest BCUT2D eigenvalue weighted by atomic mass is 10.1. The molecule has 0 aromatic heterocycles. The molecule has 0 bridgehead atoms. The number of benzene rings is 2. The third kappa shape index (κ3) is 6.72. The third-order valence-corrected chi connectivity index (χ3v) is 5.42. The van der Waals surface area contributed by atoms with Crippen molar-refractivity contribution in [2.45, 2.75) is 19.4 Å². The first-order valence-corrected chi connectivity index (χ1v) is 10.7. The molecule has 1 aliphatic heterocycles. The van der Waals surface area contributed by atoms with Gasteiger partial charge in [-0.2, -0.15) is 0 Å². The van der Waals surface area contributed by atoms with Crippen LogP contribution in [0.4, 0.5) is 5.69 Å². The minimum absolute atomic E-state index is 0.0425. The number of halogens is 1. The molecule has 1 atom stereocenters. The Bertz CT molecular complexity index is 897. The summed E-state index contributed by atoms with van der Waals surface area (Å²) in [7, 11) is 0. The highest BCUT2D eigenvalue weighted by atomic mass is 35.5. The summed E-state index contributed by atoms with van der Waals surface area (Å²) < 4.78 is 0. The second-order valence-electron chi connectivity index (χ2n) is 7.57. The van der Waals surface area contributed by atoms with Crippen LogP contribution in [0.3, 0.4) is 0 Å². The maximum atomic E-state index is 12.4. The van der Waals surface area contributed by atoms with Crippen LogP contribution in [0.15, 0.2) is 54.6 Å². The Morgan fingerprint density at radius 2 is 1.61 bits per heavy atom. The Kier molecular flexibility index (Phi) is 7.89. The first-order valence-electron chi connectivity index (χ1n) is 10.3. The normalized spacial score (nSPS) is 14.6. The van der Waals surface area contributed by atoms with Gasteiger partial charge in [0.2, 0.25) is 11.8 Å². The molecule has 0 aliphatic carbocycles. The summed E-state index contributed by atoms with van der Waals surface area (Å²) >= 11 is 5.93. The number of rotatable bonds is 7. The van der Waals surface area contributed by atoms with Gasteiger partial charge < -0.3 is 20.4 Å². The van der Waals surface area contributed by atoms with Gasteiger partial charge in [-0.1, -0.05) is 29.8 Å². The van der Waals surface area contributed by atoms with Crippen molar-refractivity contribution in [1.29, 1.82) is 0 Å². The van der Waals surface area contributed by atoms with Crippen molar-refractivity contribution in [1.82, 2.24) is 15.5 Å². The van der Waals surface area contributed by atoms with Crippen molar-refractivity contribution < 1.29 is 14.4 Å². The Labute approximate surface area is 187 Å². The average molecular weight is 443 g/mol. The van der Waals surface area contributed by atoms with Crippen LogP contribution < -0.4 is 15.5 Å². The molecule has 1 saturated heterocycles. The Hall–Kier alpha value is -3.06. The van der Waals surface area contributed by atoms with Crippen molar-refractivity contribution in [3.05, 3.63) is 65.2 Å². The first-order chi connectivity index (χ1) is 14.9. The van der Waals surface area contributed by atoms with Crippen LogP contribution >= 0.6 is 11.6 Å². The van der Waals surface area contributed by atoms with E-state index in [-0.39, 0.29) is 36.7 Å². The minimum atomic E-state index is -0.342. The van der Waals surface area contributed by atoms with Crippen LogP contribution in [0.2, 0.25) is 5.02 Å². The second-order valence-corrected chi connectivity index (χ2v) is 8.00. The van der Waals surface area contributed by atoms with E-state index >= 15 is 0 Å². The molecule has 2 aromatic carbocycles.